The summed E-state index contributed by atoms with van der Waals surface area (Å²) >= 11 is 0. The lowest BCUT2D eigenvalue weighted by Crippen LogP contribution is -2.23. The second-order valence-electron chi connectivity index (χ2n) is 3.59. The highest BCUT2D eigenvalue weighted by molar-refractivity contribution is 5.73. The molecule has 0 amide bonds. The van der Waals surface area contributed by atoms with Crippen LogP contribution in [-0.2, 0) is 4.79 Å². The van der Waals surface area contributed by atoms with E-state index in [2.05, 4.69) is 5.32 Å². The summed E-state index contributed by atoms with van der Waals surface area (Å²) in [4.78, 5) is 8.90. The van der Waals surface area contributed by atoms with Crippen molar-refractivity contribution in [3.05, 3.63) is 11.1 Å². The molecule has 1 saturated heterocycles. The summed E-state index contributed by atoms with van der Waals surface area (Å²) in [6.07, 6.45) is -2.85. The molecule has 1 aliphatic heterocycles. The zero-order valence-corrected chi connectivity index (χ0v) is 9.47. The van der Waals surface area contributed by atoms with E-state index in [0.29, 0.717) is 0 Å². The summed E-state index contributed by atoms with van der Waals surface area (Å²) in [5, 5.41) is 19.2. The Labute approximate surface area is 97.1 Å². The van der Waals surface area contributed by atoms with Crippen LogP contribution in [0.1, 0.15) is 19.8 Å². The number of carboxylic acid groups (broad SMARTS) is 1. The highest BCUT2D eigenvalue weighted by atomic mass is 19.4. The van der Waals surface area contributed by atoms with Crippen molar-refractivity contribution >= 4 is 5.97 Å². The molecule has 1 rings (SSSR count). The number of aliphatic hydroxyl groups is 1. The van der Waals surface area contributed by atoms with Crippen molar-refractivity contribution in [1.82, 2.24) is 5.32 Å². The Bertz CT molecular complexity index is 279. The maximum Gasteiger partial charge on any atom is 0.490 e. The minimum Gasteiger partial charge on any atom is -0.475 e. The van der Waals surface area contributed by atoms with Crippen LogP contribution >= 0.6 is 0 Å². The maximum absolute atomic E-state index is 10.6. The first-order valence-electron chi connectivity index (χ1n) is 5.08. The highest BCUT2D eigenvalue weighted by Crippen LogP contribution is 2.14. The second-order valence-corrected chi connectivity index (χ2v) is 3.59. The second kappa shape index (κ2) is 7.29. The summed E-state index contributed by atoms with van der Waals surface area (Å²) in [5.74, 6) is -2.76. The topological polar surface area (TPSA) is 69.6 Å². The van der Waals surface area contributed by atoms with E-state index >= 15 is 0 Å². The van der Waals surface area contributed by atoms with Gasteiger partial charge in [0.05, 0.1) is 6.61 Å². The molecule has 0 aliphatic carbocycles. The third kappa shape index (κ3) is 6.96. The molecule has 1 aliphatic rings. The smallest absolute Gasteiger partial charge is 0.475 e. The number of halogens is 3. The molecule has 4 nitrogen and oxygen atoms in total. The Morgan fingerprint density at radius 2 is 1.76 bits per heavy atom. The van der Waals surface area contributed by atoms with Gasteiger partial charge in [-0.15, -0.1) is 0 Å². The summed E-state index contributed by atoms with van der Waals surface area (Å²) in [5.41, 5.74) is 2.61. The van der Waals surface area contributed by atoms with Crippen LogP contribution in [0, 0.1) is 0 Å². The molecule has 0 aromatic rings. The highest BCUT2D eigenvalue weighted by Gasteiger charge is 2.38. The number of carbonyl (C=O) groups is 1. The third-order valence-corrected chi connectivity index (χ3v) is 2.29. The molecule has 0 aromatic carbocycles. The molecule has 3 N–H and O–H groups in total. The number of hydrogen-bond donors (Lipinski definition) is 3. The SMILES string of the molecule is CC(CO)=C1CCNCC1.O=C(O)C(F)(F)F. The van der Waals surface area contributed by atoms with Gasteiger partial charge in [-0.1, -0.05) is 5.57 Å². The first kappa shape index (κ1) is 15.9. The lowest BCUT2D eigenvalue weighted by Gasteiger charge is -2.17. The van der Waals surface area contributed by atoms with Crippen molar-refractivity contribution in [2.45, 2.75) is 25.9 Å². The van der Waals surface area contributed by atoms with Crippen LogP contribution in [0.3, 0.4) is 0 Å². The van der Waals surface area contributed by atoms with Gasteiger partial charge in [-0.2, -0.15) is 13.2 Å². The van der Waals surface area contributed by atoms with Gasteiger partial charge >= 0.3 is 12.1 Å². The molecular weight excluding hydrogens is 239 g/mol. The zero-order chi connectivity index (χ0) is 13.5. The largest absolute Gasteiger partial charge is 0.490 e. The fourth-order valence-electron chi connectivity index (χ4n) is 1.27. The summed E-state index contributed by atoms with van der Waals surface area (Å²) in [6.45, 7) is 4.40. The summed E-state index contributed by atoms with van der Waals surface area (Å²) in [6, 6.07) is 0. The van der Waals surface area contributed by atoms with Crippen molar-refractivity contribution in [2.75, 3.05) is 19.7 Å². The summed E-state index contributed by atoms with van der Waals surface area (Å²) < 4.78 is 31.7. The first-order valence-corrected chi connectivity index (χ1v) is 5.08. The van der Waals surface area contributed by atoms with Gasteiger partial charge in [0.1, 0.15) is 0 Å². The number of carboxylic acids is 1. The van der Waals surface area contributed by atoms with Crippen LogP contribution < -0.4 is 5.32 Å². The van der Waals surface area contributed by atoms with E-state index in [9.17, 15) is 13.2 Å². The molecular formula is C10H16F3NO3. The van der Waals surface area contributed by atoms with Crippen molar-refractivity contribution in [3.8, 4) is 0 Å². The lowest BCUT2D eigenvalue weighted by molar-refractivity contribution is -0.192. The fraction of sp³-hybridized carbons (Fsp3) is 0.700. The van der Waals surface area contributed by atoms with Gasteiger partial charge in [-0.3, -0.25) is 0 Å². The lowest BCUT2D eigenvalue weighted by atomic mass is 10.0. The number of nitrogens with one attached hydrogen (secondary N) is 1. The normalized spacial score (nSPS) is 15.9. The average molecular weight is 255 g/mol. The third-order valence-electron chi connectivity index (χ3n) is 2.29. The van der Waals surface area contributed by atoms with Crippen LogP contribution in [0.4, 0.5) is 13.2 Å². The van der Waals surface area contributed by atoms with Crippen LogP contribution in [0.2, 0.25) is 0 Å². The molecule has 0 atom stereocenters. The quantitative estimate of drug-likeness (QED) is 0.618. The number of alkyl halides is 3. The number of piperidine rings is 1. The molecule has 0 aromatic heterocycles. The van der Waals surface area contributed by atoms with Crippen molar-refractivity contribution in [2.24, 2.45) is 0 Å². The van der Waals surface area contributed by atoms with Gasteiger partial charge < -0.3 is 15.5 Å². The molecule has 7 heteroatoms. The van der Waals surface area contributed by atoms with E-state index in [0.717, 1.165) is 25.9 Å². The fourth-order valence-corrected chi connectivity index (χ4v) is 1.27. The monoisotopic (exact) mass is 255 g/mol. The van der Waals surface area contributed by atoms with Gasteiger partial charge in [-0.05, 0) is 38.4 Å². The zero-order valence-electron chi connectivity index (χ0n) is 9.47. The van der Waals surface area contributed by atoms with Crippen LogP contribution in [0.15, 0.2) is 11.1 Å². The van der Waals surface area contributed by atoms with E-state index < -0.39 is 12.1 Å². The molecule has 0 bridgehead atoms. The Morgan fingerprint density at radius 3 is 2.06 bits per heavy atom. The van der Waals surface area contributed by atoms with Gasteiger partial charge in [-0.25, -0.2) is 4.79 Å². The van der Waals surface area contributed by atoms with Gasteiger partial charge in [0.25, 0.3) is 0 Å². The Kier molecular flexibility index (Phi) is 6.82. The van der Waals surface area contributed by atoms with Gasteiger partial charge in [0.15, 0.2) is 0 Å². The predicted molar refractivity (Wildman–Crippen MR) is 55.6 cm³/mol. The van der Waals surface area contributed by atoms with E-state index in [-0.39, 0.29) is 6.61 Å². The Balaban J connectivity index is 0.000000325. The van der Waals surface area contributed by atoms with E-state index in [4.69, 9.17) is 15.0 Å². The number of aliphatic carboxylic acids is 1. The van der Waals surface area contributed by atoms with E-state index in [1.54, 1.807) is 0 Å². The Morgan fingerprint density at radius 1 is 1.35 bits per heavy atom. The molecule has 0 unspecified atom stereocenters. The van der Waals surface area contributed by atoms with Gasteiger partial charge in [0, 0.05) is 0 Å². The summed E-state index contributed by atoms with van der Waals surface area (Å²) in [7, 11) is 0. The maximum atomic E-state index is 10.6. The number of aliphatic hydroxyl groups excluding tert-OH is 1. The van der Waals surface area contributed by atoms with Crippen molar-refractivity contribution in [1.29, 1.82) is 0 Å². The molecule has 100 valence electrons. The van der Waals surface area contributed by atoms with Crippen LogP contribution in [0.5, 0.6) is 0 Å². The predicted octanol–water partition coefficient (Wildman–Crippen LogP) is 1.31. The molecule has 1 fully saturated rings. The first-order chi connectivity index (χ1) is 7.79. The minimum atomic E-state index is -5.08. The van der Waals surface area contributed by atoms with E-state index in [1.807, 2.05) is 6.92 Å². The number of rotatable bonds is 1. The van der Waals surface area contributed by atoms with Crippen molar-refractivity contribution in [3.63, 3.8) is 0 Å². The molecule has 1 heterocycles. The average Bonchev–Trinajstić information content (AvgIpc) is 2.28. The standard InChI is InChI=1S/C8H15NO.C2HF3O2/c1-7(6-10)8-2-4-9-5-3-8;3-2(4,5)1(6)7/h9-10H,2-6H2,1H3;(H,6,7). The van der Waals surface area contributed by atoms with Crippen LogP contribution in [-0.4, -0.2) is 42.1 Å². The number of hydrogen-bond acceptors (Lipinski definition) is 3. The molecule has 17 heavy (non-hydrogen) atoms. The molecule has 0 saturated carbocycles. The van der Waals surface area contributed by atoms with Gasteiger partial charge in [0.2, 0.25) is 0 Å². The van der Waals surface area contributed by atoms with Crippen LogP contribution in [0.25, 0.3) is 0 Å². The Hall–Kier alpha value is -1.08. The minimum absolute atomic E-state index is 0.231. The van der Waals surface area contributed by atoms with Crippen molar-refractivity contribution < 1.29 is 28.2 Å². The molecule has 0 spiro atoms. The van der Waals surface area contributed by atoms with E-state index in [1.165, 1.54) is 11.1 Å². The molecule has 0 radical (unpaired) electrons.